The molecule has 2 atom stereocenters. The van der Waals surface area contributed by atoms with Crippen molar-refractivity contribution < 1.29 is 4.79 Å². The van der Waals surface area contributed by atoms with Gasteiger partial charge in [0.05, 0.1) is 5.92 Å². The summed E-state index contributed by atoms with van der Waals surface area (Å²) in [6.45, 7) is 2.81. The molecule has 0 radical (unpaired) electrons. The summed E-state index contributed by atoms with van der Waals surface area (Å²) in [4.78, 5) is 15.7. The minimum absolute atomic E-state index is 0.00501. The van der Waals surface area contributed by atoms with E-state index < -0.39 is 0 Å². The molecule has 2 unspecified atom stereocenters. The monoisotopic (exact) mass is 280 g/mol. The number of amides is 1. The summed E-state index contributed by atoms with van der Waals surface area (Å²) in [7, 11) is 1.90. The third kappa shape index (κ3) is 3.57. The van der Waals surface area contributed by atoms with E-state index in [2.05, 4.69) is 17.5 Å². The average Bonchev–Trinajstić information content (AvgIpc) is 2.87. The molecule has 1 aromatic rings. The number of hydrogen-bond donors (Lipinski definition) is 1. The molecule has 3 nitrogen and oxygen atoms in total. The smallest absolute Gasteiger partial charge is 0.227 e. The van der Waals surface area contributed by atoms with Crippen LogP contribution in [0.3, 0.4) is 0 Å². The molecule has 1 aromatic heterocycles. The van der Waals surface area contributed by atoms with Gasteiger partial charge in [0.15, 0.2) is 0 Å². The highest BCUT2D eigenvalue weighted by molar-refractivity contribution is 7.09. The van der Waals surface area contributed by atoms with Crippen LogP contribution in [-0.4, -0.2) is 29.9 Å². The first-order valence-electron chi connectivity index (χ1n) is 7.07. The Labute approximate surface area is 119 Å². The minimum Gasteiger partial charge on any atom is -0.345 e. The number of carbonyl (C=O) groups excluding carboxylic acids is 1. The highest BCUT2D eigenvalue weighted by Gasteiger charge is 2.38. The molecule has 0 aromatic carbocycles. The van der Waals surface area contributed by atoms with Gasteiger partial charge in [0, 0.05) is 24.0 Å². The Kier molecular flexibility index (Phi) is 4.63. The van der Waals surface area contributed by atoms with E-state index in [4.69, 9.17) is 5.73 Å². The summed E-state index contributed by atoms with van der Waals surface area (Å²) in [5.74, 6) is 0.218. The Morgan fingerprint density at radius 2 is 2.37 bits per heavy atom. The van der Waals surface area contributed by atoms with Crippen LogP contribution in [0.5, 0.6) is 0 Å². The van der Waals surface area contributed by atoms with Crippen molar-refractivity contribution in [2.45, 2.75) is 44.6 Å². The van der Waals surface area contributed by atoms with Crippen molar-refractivity contribution in [3.8, 4) is 0 Å². The molecule has 106 valence electrons. The van der Waals surface area contributed by atoms with Crippen molar-refractivity contribution in [1.82, 2.24) is 4.90 Å². The fourth-order valence-corrected chi connectivity index (χ4v) is 3.57. The van der Waals surface area contributed by atoms with Gasteiger partial charge in [0.1, 0.15) is 0 Å². The van der Waals surface area contributed by atoms with Gasteiger partial charge < -0.3 is 10.6 Å². The van der Waals surface area contributed by atoms with Crippen molar-refractivity contribution in [1.29, 1.82) is 0 Å². The fourth-order valence-electron chi connectivity index (χ4n) is 2.87. The lowest BCUT2D eigenvalue weighted by Gasteiger charge is -2.39. The second-order valence-electron chi connectivity index (χ2n) is 5.89. The van der Waals surface area contributed by atoms with E-state index in [1.54, 1.807) is 11.3 Å². The van der Waals surface area contributed by atoms with Gasteiger partial charge in [-0.25, -0.2) is 0 Å². The first-order chi connectivity index (χ1) is 9.00. The summed E-state index contributed by atoms with van der Waals surface area (Å²) >= 11 is 1.75. The molecule has 0 bridgehead atoms. The van der Waals surface area contributed by atoms with Gasteiger partial charge in [0.2, 0.25) is 5.91 Å². The van der Waals surface area contributed by atoms with Crippen LogP contribution in [0.25, 0.3) is 0 Å². The quantitative estimate of drug-likeness (QED) is 0.921. The van der Waals surface area contributed by atoms with E-state index in [9.17, 15) is 4.79 Å². The lowest BCUT2D eigenvalue weighted by atomic mass is 9.74. The number of hydrogen-bond acceptors (Lipinski definition) is 3. The van der Waals surface area contributed by atoms with Crippen LogP contribution in [0.1, 0.15) is 37.5 Å². The molecule has 1 aliphatic rings. The van der Waals surface area contributed by atoms with E-state index in [0.717, 1.165) is 38.6 Å². The maximum absolute atomic E-state index is 12.5. The number of nitrogens with zero attached hydrogens (tertiary/aromatic N) is 1. The first kappa shape index (κ1) is 14.5. The molecule has 19 heavy (non-hydrogen) atoms. The van der Waals surface area contributed by atoms with Crippen LogP contribution in [0, 0.1) is 5.92 Å². The molecular formula is C15H24N2OS. The molecule has 2 N–H and O–H groups in total. The van der Waals surface area contributed by atoms with Crippen LogP contribution >= 0.6 is 11.3 Å². The zero-order chi connectivity index (χ0) is 13.9. The van der Waals surface area contributed by atoms with Gasteiger partial charge in [-0.2, -0.15) is 0 Å². The number of thiophene rings is 1. The lowest BCUT2D eigenvalue weighted by Crippen LogP contribution is -2.53. The molecule has 1 aliphatic carbocycles. The Morgan fingerprint density at radius 3 is 3.00 bits per heavy atom. The molecule has 1 heterocycles. The van der Waals surface area contributed by atoms with Gasteiger partial charge in [0.25, 0.3) is 0 Å². The fraction of sp³-hybridized carbons (Fsp3) is 0.667. The Hall–Kier alpha value is -0.870. The van der Waals surface area contributed by atoms with Gasteiger partial charge in [-0.3, -0.25) is 4.79 Å². The zero-order valence-electron chi connectivity index (χ0n) is 11.9. The third-order valence-corrected chi connectivity index (χ3v) is 5.14. The van der Waals surface area contributed by atoms with Crippen LogP contribution in [0.15, 0.2) is 17.5 Å². The van der Waals surface area contributed by atoms with Crippen LogP contribution in [0.4, 0.5) is 0 Å². The largest absolute Gasteiger partial charge is 0.345 e. The summed E-state index contributed by atoms with van der Waals surface area (Å²) in [5, 5.41) is 2.08. The maximum Gasteiger partial charge on any atom is 0.227 e. The standard InChI is InChI=1S/C15H24N2OS/c1-15(16)9-4-3-7-13(15)14(18)17(2)10-8-12-6-5-11-19-12/h5-6,11,13H,3-4,7-10,16H2,1-2H3. The molecule has 1 saturated carbocycles. The van der Waals surface area contributed by atoms with E-state index >= 15 is 0 Å². The topological polar surface area (TPSA) is 46.3 Å². The van der Waals surface area contributed by atoms with E-state index in [0.29, 0.717) is 0 Å². The zero-order valence-corrected chi connectivity index (χ0v) is 12.7. The maximum atomic E-state index is 12.5. The second-order valence-corrected chi connectivity index (χ2v) is 6.93. The summed E-state index contributed by atoms with van der Waals surface area (Å²) in [6.07, 6.45) is 5.11. The molecule has 0 saturated heterocycles. The van der Waals surface area contributed by atoms with Crippen molar-refractivity contribution in [2.24, 2.45) is 11.7 Å². The molecular weight excluding hydrogens is 256 g/mol. The highest BCUT2D eigenvalue weighted by Crippen LogP contribution is 2.32. The Bertz CT molecular complexity index is 414. The summed E-state index contributed by atoms with van der Waals surface area (Å²) in [6, 6.07) is 4.18. The van der Waals surface area contributed by atoms with Gasteiger partial charge in [-0.15, -0.1) is 11.3 Å². The molecule has 0 spiro atoms. The van der Waals surface area contributed by atoms with Crippen molar-refractivity contribution in [3.63, 3.8) is 0 Å². The molecule has 4 heteroatoms. The van der Waals surface area contributed by atoms with Crippen molar-refractivity contribution >= 4 is 17.2 Å². The first-order valence-corrected chi connectivity index (χ1v) is 7.95. The normalized spacial score (nSPS) is 27.2. The van der Waals surface area contributed by atoms with Gasteiger partial charge in [-0.1, -0.05) is 18.9 Å². The minimum atomic E-state index is -0.327. The van der Waals surface area contributed by atoms with E-state index in [1.165, 1.54) is 4.88 Å². The molecule has 2 rings (SSSR count). The predicted octanol–water partition coefficient (Wildman–Crippen LogP) is 2.66. The Morgan fingerprint density at radius 1 is 1.58 bits per heavy atom. The Balaban J connectivity index is 1.90. The van der Waals surface area contributed by atoms with Crippen molar-refractivity contribution in [3.05, 3.63) is 22.4 Å². The molecule has 1 fully saturated rings. The molecule has 0 aliphatic heterocycles. The number of likely N-dealkylation sites (N-methyl/N-ethyl adjacent to an activating group) is 1. The van der Waals surface area contributed by atoms with Gasteiger partial charge >= 0.3 is 0 Å². The van der Waals surface area contributed by atoms with Gasteiger partial charge in [-0.05, 0) is 37.6 Å². The van der Waals surface area contributed by atoms with Crippen molar-refractivity contribution in [2.75, 3.05) is 13.6 Å². The number of rotatable bonds is 4. The van der Waals surface area contributed by atoms with E-state index in [-0.39, 0.29) is 17.4 Å². The summed E-state index contributed by atoms with van der Waals surface area (Å²) in [5.41, 5.74) is 5.98. The molecule has 1 amide bonds. The predicted molar refractivity (Wildman–Crippen MR) is 80.2 cm³/mol. The average molecular weight is 280 g/mol. The SMILES string of the molecule is CN(CCc1cccs1)C(=O)C1CCCCC1(C)N. The van der Waals surface area contributed by atoms with Crippen LogP contribution in [0.2, 0.25) is 0 Å². The van der Waals surface area contributed by atoms with E-state index in [1.807, 2.05) is 18.9 Å². The van der Waals surface area contributed by atoms with Crippen LogP contribution < -0.4 is 5.73 Å². The van der Waals surface area contributed by atoms with Crippen LogP contribution in [-0.2, 0) is 11.2 Å². The lowest BCUT2D eigenvalue weighted by molar-refractivity contribution is -0.137. The second kappa shape index (κ2) is 6.06. The number of carbonyl (C=O) groups is 1. The summed E-state index contributed by atoms with van der Waals surface area (Å²) < 4.78 is 0. The highest BCUT2D eigenvalue weighted by atomic mass is 32.1. The third-order valence-electron chi connectivity index (χ3n) is 4.20. The number of nitrogens with two attached hydrogens (primary N) is 1.